The molecule has 1 aromatic carbocycles. The molecule has 0 atom stereocenters. The van der Waals surface area contributed by atoms with E-state index in [1.54, 1.807) is 30.9 Å². The number of benzene rings is 1. The molecule has 2 aromatic heterocycles. The molecule has 0 radical (unpaired) electrons. The maximum Gasteiger partial charge on any atom is 0.324 e. The molecule has 4 N–H and O–H groups in total. The third-order valence-electron chi connectivity index (χ3n) is 6.65. The van der Waals surface area contributed by atoms with E-state index in [4.69, 9.17) is 0 Å². The number of piperazine rings is 1. The highest BCUT2D eigenvalue weighted by Gasteiger charge is 2.42. The van der Waals surface area contributed by atoms with Gasteiger partial charge in [-0.15, -0.1) is 11.3 Å². The van der Waals surface area contributed by atoms with E-state index in [1.165, 1.54) is 23.7 Å². The molecule has 9 nitrogen and oxygen atoms in total. The van der Waals surface area contributed by atoms with Crippen LogP contribution < -0.4 is 20.7 Å². The number of amides is 4. The molecule has 0 bridgehead atoms. The fraction of sp³-hybridized carbons (Fsp3) is 0.357. The molecule has 10 heteroatoms. The first-order chi connectivity index (χ1) is 17.8. The van der Waals surface area contributed by atoms with E-state index in [0.717, 1.165) is 26.3 Å². The topological polar surface area (TPSA) is 115 Å². The SMILES string of the molecule is Cc1ccc(NC(=O)Nc2sc(C(C)(C)C)cc2C(=O)N2CCNC(=O)C2(C)C)cc1-c1cc[n+](O)cc1. The molecule has 1 aliphatic heterocycles. The highest BCUT2D eigenvalue weighted by atomic mass is 32.1. The third kappa shape index (κ3) is 5.50. The van der Waals surface area contributed by atoms with Gasteiger partial charge in [0.2, 0.25) is 18.3 Å². The number of thiophene rings is 1. The number of hydrogen-bond acceptors (Lipinski definition) is 5. The monoisotopic (exact) mass is 536 g/mol. The number of rotatable bonds is 4. The molecular formula is C28H34N5O4S+. The van der Waals surface area contributed by atoms with Crippen molar-refractivity contribution in [2.75, 3.05) is 23.7 Å². The number of carbonyl (C=O) groups is 3. The van der Waals surface area contributed by atoms with Gasteiger partial charge in [-0.2, -0.15) is 0 Å². The maximum atomic E-state index is 13.7. The van der Waals surface area contributed by atoms with Crippen molar-refractivity contribution in [1.82, 2.24) is 10.2 Å². The molecule has 0 spiro atoms. The van der Waals surface area contributed by atoms with Gasteiger partial charge in [0.1, 0.15) is 10.5 Å². The van der Waals surface area contributed by atoms with Crippen LogP contribution in [0.5, 0.6) is 0 Å². The Morgan fingerprint density at radius 2 is 1.79 bits per heavy atom. The highest BCUT2D eigenvalue weighted by molar-refractivity contribution is 7.16. The van der Waals surface area contributed by atoms with Crippen molar-refractivity contribution in [2.24, 2.45) is 0 Å². The lowest BCUT2D eigenvalue weighted by Crippen LogP contribution is -2.63. The van der Waals surface area contributed by atoms with Crippen LogP contribution in [0.1, 0.15) is 55.4 Å². The predicted molar refractivity (Wildman–Crippen MR) is 148 cm³/mol. The third-order valence-corrected chi connectivity index (χ3v) is 8.12. The van der Waals surface area contributed by atoms with Crippen LogP contribution in [0.25, 0.3) is 11.1 Å². The Morgan fingerprint density at radius 3 is 2.45 bits per heavy atom. The smallest absolute Gasteiger partial charge is 0.324 e. The van der Waals surface area contributed by atoms with Crippen LogP contribution in [0.4, 0.5) is 15.5 Å². The number of aromatic nitrogens is 1. The van der Waals surface area contributed by atoms with Gasteiger partial charge in [0.25, 0.3) is 5.91 Å². The zero-order valence-electron chi connectivity index (χ0n) is 22.5. The fourth-order valence-corrected chi connectivity index (χ4v) is 5.39. The van der Waals surface area contributed by atoms with E-state index in [0.29, 0.717) is 29.3 Å². The number of nitrogens with one attached hydrogen (secondary N) is 3. The summed E-state index contributed by atoms with van der Waals surface area (Å²) in [6, 6.07) is 10.5. The summed E-state index contributed by atoms with van der Waals surface area (Å²) in [5.74, 6) is -0.507. The minimum Gasteiger partial charge on any atom is -0.352 e. The Balaban J connectivity index is 1.60. The Kier molecular flexibility index (Phi) is 7.20. The molecule has 200 valence electrons. The normalized spacial score (nSPS) is 15.1. The fourth-order valence-electron chi connectivity index (χ4n) is 4.29. The molecule has 4 amide bonds. The maximum absolute atomic E-state index is 13.7. The van der Waals surface area contributed by atoms with E-state index in [9.17, 15) is 19.6 Å². The summed E-state index contributed by atoms with van der Waals surface area (Å²) in [5.41, 5.74) is 2.52. The van der Waals surface area contributed by atoms with Gasteiger partial charge in [-0.3, -0.25) is 20.1 Å². The van der Waals surface area contributed by atoms with Gasteiger partial charge in [0.15, 0.2) is 0 Å². The summed E-state index contributed by atoms with van der Waals surface area (Å²) in [6.45, 7) is 12.3. The average molecular weight is 537 g/mol. The van der Waals surface area contributed by atoms with Crippen molar-refractivity contribution in [2.45, 2.75) is 52.5 Å². The number of carbonyl (C=O) groups excluding carboxylic acids is 3. The minimum atomic E-state index is -1.01. The van der Waals surface area contributed by atoms with Crippen molar-refractivity contribution < 1.29 is 24.3 Å². The molecule has 4 rings (SSSR count). The Bertz CT molecular complexity index is 1390. The van der Waals surface area contributed by atoms with E-state index in [1.807, 2.05) is 52.0 Å². The van der Waals surface area contributed by atoms with Gasteiger partial charge in [-0.05, 0) is 61.1 Å². The molecule has 0 saturated carbocycles. The van der Waals surface area contributed by atoms with Crippen LogP contribution in [-0.2, 0) is 10.2 Å². The number of anilines is 2. The van der Waals surface area contributed by atoms with Crippen LogP contribution in [0, 0.1) is 6.92 Å². The van der Waals surface area contributed by atoms with Gasteiger partial charge in [0, 0.05) is 40.5 Å². The number of urea groups is 1. The summed E-state index contributed by atoms with van der Waals surface area (Å²) < 4.78 is 0.970. The van der Waals surface area contributed by atoms with Crippen molar-refractivity contribution in [3.05, 3.63) is 64.8 Å². The van der Waals surface area contributed by atoms with E-state index >= 15 is 0 Å². The highest BCUT2D eigenvalue weighted by Crippen LogP contribution is 2.38. The molecule has 1 fully saturated rings. The summed E-state index contributed by atoms with van der Waals surface area (Å²) in [5, 5.41) is 18.5. The standard InChI is InChI=1S/C28H33N5O4S/c1-17-7-8-19(15-20(17)18-9-12-32(37)13-10-18)30-26(36)31-23-21(16-22(38-23)27(2,3)4)24(34)33-14-11-29-25(35)28(33,5)6/h7-10,12-13,15-16H,11,14H2,1-6H3,(H3-,29,30,31,34,35,36,37)/p+1. The van der Waals surface area contributed by atoms with Crippen molar-refractivity contribution >= 4 is 39.9 Å². The zero-order valence-corrected chi connectivity index (χ0v) is 23.3. The molecule has 38 heavy (non-hydrogen) atoms. The summed E-state index contributed by atoms with van der Waals surface area (Å²) in [7, 11) is 0. The molecule has 0 unspecified atom stereocenters. The van der Waals surface area contributed by atoms with Crippen LogP contribution >= 0.6 is 11.3 Å². The number of nitrogens with zero attached hydrogens (tertiary/aromatic N) is 2. The summed E-state index contributed by atoms with van der Waals surface area (Å²) >= 11 is 1.36. The lowest BCUT2D eigenvalue weighted by atomic mass is 9.93. The molecule has 0 aliphatic carbocycles. The largest absolute Gasteiger partial charge is 0.352 e. The molecule has 3 aromatic rings. The van der Waals surface area contributed by atoms with E-state index in [2.05, 4.69) is 16.0 Å². The van der Waals surface area contributed by atoms with Crippen molar-refractivity contribution in [1.29, 1.82) is 0 Å². The van der Waals surface area contributed by atoms with E-state index in [-0.39, 0.29) is 17.2 Å². The molecular weight excluding hydrogens is 502 g/mol. The van der Waals surface area contributed by atoms with Crippen LogP contribution in [0.2, 0.25) is 0 Å². The number of aryl methyl sites for hydroxylation is 1. The first kappa shape index (κ1) is 27.1. The zero-order chi connectivity index (χ0) is 27.8. The second kappa shape index (κ2) is 10.1. The number of hydrogen-bond donors (Lipinski definition) is 4. The van der Waals surface area contributed by atoms with Crippen LogP contribution in [0.15, 0.2) is 48.8 Å². The second-order valence-electron chi connectivity index (χ2n) is 11.0. The Labute approximate surface area is 226 Å². The van der Waals surface area contributed by atoms with Gasteiger partial charge < -0.3 is 15.5 Å². The molecule has 3 heterocycles. The summed E-state index contributed by atoms with van der Waals surface area (Å²) in [4.78, 5) is 41.8. The van der Waals surface area contributed by atoms with Gasteiger partial charge in [0.05, 0.1) is 5.56 Å². The first-order valence-corrected chi connectivity index (χ1v) is 13.2. The minimum absolute atomic E-state index is 0.210. The van der Waals surface area contributed by atoms with E-state index < -0.39 is 11.6 Å². The van der Waals surface area contributed by atoms with Crippen molar-refractivity contribution in [3.8, 4) is 11.1 Å². The summed E-state index contributed by atoms with van der Waals surface area (Å²) in [6.07, 6.45) is 3.08. The molecule has 1 aliphatic rings. The van der Waals surface area contributed by atoms with Crippen LogP contribution in [0.3, 0.4) is 0 Å². The lowest BCUT2D eigenvalue weighted by Gasteiger charge is -2.41. The van der Waals surface area contributed by atoms with Gasteiger partial charge >= 0.3 is 6.03 Å². The Morgan fingerprint density at radius 1 is 1.11 bits per heavy atom. The van der Waals surface area contributed by atoms with Crippen LogP contribution in [-0.4, -0.2) is 46.6 Å². The lowest BCUT2D eigenvalue weighted by molar-refractivity contribution is -0.904. The second-order valence-corrected chi connectivity index (χ2v) is 12.0. The first-order valence-electron chi connectivity index (χ1n) is 12.4. The van der Waals surface area contributed by atoms with Crippen molar-refractivity contribution in [3.63, 3.8) is 0 Å². The Hall–Kier alpha value is -3.92. The molecule has 1 saturated heterocycles. The predicted octanol–water partition coefficient (Wildman–Crippen LogP) is 4.54. The van der Waals surface area contributed by atoms with Gasteiger partial charge in [-0.1, -0.05) is 26.8 Å². The number of pyridine rings is 1. The quantitative estimate of drug-likeness (QED) is 0.290. The van der Waals surface area contributed by atoms with Gasteiger partial charge in [-0.25, -0.2) is 4.79 Å². The average Bonchev–Trinajstić information content (AvgIpc) is 3.26.